The van der Waals surface area contributed by atoms with E-state index in [1.807, 2.05) is 19.1 Å². The molecule has 2 aromatic rings. The van der Waals surface area contributed by atoms with Gasteiger partial charge in [-0.1, -0.05) is 18.5 Å². The highest BCUT2D eigenvalue weighted by Gasteiger charge is 2.07. The van der Waals surface area contributed by atoms with E-state index in [1.165, 1.54) is 0 Å². The van der Waals surface area contributed by atoms with E-state index in [-0.39, 0.29) is 0 Å². The minimum atomic E-state index is 0.538. The van der Waals surface area contributed by atoms with Gasteiger partial charge in [0.15, 0.2) is 0 Å². The Balaban J connectivity index is 2.27. The lowest BCUT2D eigenvalue weighted by atomic mass is 10.2. The number of halogens is 2. The molecule has 0 saturated carbocycles. The molecule has 0 N–H and O–H groups in total. The normalized spacial score (nSPS) is 10.5. The van der Waals surface area contributed by atoms with Gasteiger partial charge in [0, 0.05) is 17.5 Å². The zero-order valence-corrected chi connectivity index (χ0v) is 13.1. The van der Waals surface area contributed by atoms with Gasteiger partial charge in [0.05, 0.1) is 0 Å². The van der Waals surface area contributed by atoms with Gasteiger partial charge in [-0.3, -0.25) is 0 Å². The third-order valence-electron chi connectivity index (χ3n) is 2.54. The number of aryl methyl sites for hydroxylation is 2. The fraction of sp³-hybridized carbons (Fsp3) is 0.286. The summed E-state index contributed by atoms with van der Waals surface area (Å²) in [5.74, 6) is 2.06. The molecule has 0 radical (unpaired) electrons. The Bertz CT molecular complexity index is 590. The van der Waals surface area contributed by atoms with Gasteiger partial charge in [-0.25, -0.2) is 4.98 Å². The average Bonchev–Trinajstić information content (AvgIpc) is 2.32. The standard InChI is InChI=1S/C14H14BrClN2O/c1-3-4-13-17-12(15)8-14(18-13)19-11-6-5-10(16)7-9(11)2/h5-8H,3-4H2,1-2H3. The van der Waals surface area contributed by atoms with Crippen molar-refractivity contribution in [2.24, 2.45) is 0 Å². The van der Waals surface area contributed by atoms with E-state index in [2.05, 4.69) is 32.8 Å². The molecule has 2 rings (SSSR count). The topological polar surface area (TPSA) is 35.0 Å². The number of hydrogen-bond donors (Lipinski definition) is 0. The SMILES string of the molecule is CCCc1nc(Br)cc(Oc2ccc(Cl)cc2C)n1. The fourth-order valence-corrected chi connectivity index (χ4v) is 2.30. The van der Waals surface area contributed by atoms with Gasteiger partial charge in [0.25, 0.3) is 0 Å². The molecule has 0 unspecified atom stereocenters. The van der Waals surface area contributed by atoms with Crippen LogP contribution in [-0.2, 0) is 6.42 Å². The van der Waals surface area contributed by atoms with Crippen molar-refractivity contribution in [3.05, 3.63) is 45.3 Å². The van der Waals surface area contributed by atoms with Crippen LogP contribution in [0, 0.1) is 6.92 Å². The second-order valence-electron chi connectivity index (χ2n) is 4.21. The molecule has 0 bridgehead atoms. The predicted octanol–water partition coefficient (Wildman–Crippen LogP) is 4.95. The number of rotatable bonds is 4. The van der Waals surface area contributed by atoms with Crippen LogP contribution >= 0.6 is 27.5 Å². The summed E-state index contributed by atoms with van der Waals surface area (Å²) in [5.41, 5.74) is 0.972. The highest BCUT2D eigenvalue weighted by molar-refractivity contribution is 9.10. The number of ether oxygens (including phenoxy) is 1. The number of benzene rings is 1. The summed E-state index contributed by atoms with van der Waals surface area (Å²) >= 11 is 9.30. The predicted molar refractivity (Wildman–Crippen MR) is 80.0 cm³/mol. The van der Waals surface area contributed by atoms with Crippen LogP contribution in [0.2, 0.25) is 5.02 Å². The molecule has 0 spiro atoms. The third-order valence-corrected chi connectivity index (χ3v) is 3.18. The van der Waals surface area contributed by atoms with E-state index in [1.54, 1.807) is 12.1 Å². The Kier molecular flexibility index (Phi) is 4.77. The molecule has 0 amide bonds. The van der Waals surface area contributed by atoms with Crippen LogP contribution < -0.4 is 4.74 Å². The van der Waals surface area contributed by atoms with E-state index in [4.69, 9.17) is 16.3 Å². The summed E-state index contributed by atoms with van der Waals surface area (Å²) in [5, 5.41) is 0.695. The maximum absolute atomic E-state index is 5.92. The van der Waals surface area contributed by atoms with Crippen LogP contribution in [0.5, 0.6) is 11.6 Å². The lowest BCUT2D eigenvalue weighted by Gasteiger charge is -2.09. The zero-order chi connectivity index (χ0) is 13.8. The number of hydrogen-bond acceptors (Lipinski definition) is 3. The van der Waals surface area contributed by atoms with E-state index in [0.717, 1.165) is 34.6 Å². The maximum Gasteiger partial charge on any atom is 0.223 e. The Labute approximate surface area is 126 Å². The fourth-order valence-electron chi connectivity index (χ4n) is 1.67. The van der Waals surface area contributed by atoms with Crippen LogP contribution in [-0.4, -0.2) is 9.97 Å². The second-order valence-corrected chi connectivity index (χ2v) is 5.46. The van der Waals surface area contributed by atoms with Crippen molar-refractivity contribution in [2.75, 3.05) is 0 Å². The van der Waals surface area contributed by atoms with E-state index in [0.29, 0.717) is 10.9 Å². The van der Waals surface area contributed by atoms with E-state index in [9.17, 15) is 0 Å². The van der Waals surface area contributed by atoms with Crippen molar-refractivity contribution in [2.45, 2.75) is 26.7 Å². The van der Waals surface area contributed by atoms with Crippen LogP contribution in [0.1, 0.15) is 24.7 Å². The molecule has 1 heterocycles. The first-order chi connectivity index (χ1) is 9.08. The molecular weight excluding hydrogens is 328 g/mol. The first-order valence-electron chi connectivity index (χ1n) is 6.06. The summed E-state index contributed by atoms with van der Waals surface area (Å²) in [7, 11) is 0. The lowest BCUT2D eigenvalue weighted by Crippen LogP contribution is -1.98. The van der Waals surface area contributed by atoms with Gasteiger partial charge < -0.3 is 4.74 Å². The van der Waals surface area contributed by atoms with E-state index >= 15 is 0 Å². The molecule has 0 aliphatic carbocycles. The highest BCUT2D eigenvalue weighted by atomic mass is 79.9. The van der Waals surface area contributed by atoms with Crippen LogP contribution in [0.3, 0.4) is 0 Å². The molecule has 0 fully saturated rings. The summed E-state index contributed by atoms with van der Waals surface area (Å²) in [6, 6.07) is 7.26. The number of aromatic nitrogens is 2. The molecule has 5 heteroatoms. The molecule has 0 atom stereocenters. The minimum absolute atomic E-state index is 0.538. The van der Waals surface area contributed by atoms with Crippen LogP contribution in [0.15, 0.2) is 28.9 Å². The summed E-state index contributed by atoms with van der Waals surface area (Å²) in [6.45, 7) is 4.04. The van der Waals surface area contributed by atoms with Crippen molar-refractivity contribution in [1.82, 2.24) is 9.97 Å². The van der Waals surface area contributed by atoms with Gasteiger partial charge in [-0.05, 0) is 53.0 Å². The quantitative estimate of drug-likeness (QED) is 0.738. The zero-order valence-electron chi connectivity index (χ0n) is 10.8. The molecule has 0 aliphatic heterocycles. The first-order valence-corrected chi connectivity index (χ1v) is 7.23. The van der Waals surface area contributed by atoms with Gasteiger partial charge in [-0.2, -0.15) is 4.98 Å². The van der Waals surface area contributed by atoms with Gasteiger partial charge in [0.1, 0.15) is 16.2 Å². The molecule has 0 aliphatic rings. The molecule has 0 saturated heterocycles. The lowest BCUT2D eigenvalue weighted by molar-refractivity contribution is 0.454. The minimum Gasteiger partial charge on any atom is -0.439 e. The molecule has 1 aromatic carbocycles. The van der Waals surface area contributed by atoms with Crippen molar-refractivity contribution in [3.8, 4) is 11.6 Å². The molecule has 1 aromatic heterocycles. The Morgan fingerprint density at radius 1 is 1.26 bits per heavy atom. The Morgan fingerprint density at radius 3 is 2.74 bits per heavy atom. The largest absolute Gasteiger partial charge is 0.439 e. The van der Waals surface area contributed by atoms with Crippen molar-refractivity contribution >= 4 is 27.5 Å². The molecule has 19 heavy (non-hydrogen) atoms. The highest BCUT2D eigenvalue weighted by Crippen LogP contribution is 2.27. The van der Waals surface area contributed by atoms with E-state index < -0.39 is 0 Å². The summed E-state index contributed by atoms with van der Waals surface area (Å²) in [4.78, 5) is 8.69. The van der Waals surface area contributed by atoms with Gasteiger partial charge >= 0.3 is 0 Å². The van der Waals surface area contributed by atoms with Crippen molar-refractivity contribution in [1.29, 1.82) is 0 Å². The molecule has 3 nitrogen and oxygen atoms in total. The Hall–Kier alpha value is -1.13. The second kappa shape index (κ2) is 6.35. The van der Waals surface area contributed by atoms with Crippen LogP contribution in [0.4, 0.5) is 0 Å². The summed E-state index contributed by atoms with van der Waals surface area (Å²) in [6.07, 6.45) is 1.82. The smallest absolute Gasteiger partial charge is 0.223 e. The van der Waals surface area contributed by atoms with Crippen molar-refractivity contribution < 1.29 is 4.74 Å². The molecule has 100 valence electrons. The average molecular weight is 342 g/mol. The van der Waals surface area contributed by atoms with Crippen LogP contribution in [0.25, 0.3) is 0 Å². The van der Waals surface area contributed by atoms with Crippen molar-refractivity contribution in [3.63, 3.8) is 0 Å². The third kappa shape index (κ3) is 3.91. The first kappa shape index (κ1) is 14.3. The van der Waals surface area contributed by atoms with Gasteiger partial charge in [-0.15, -0.1) is 0 Å². The summed E-state index contributed by atoms with van der Waals surface area (Å²) < 4.78 is 6.52. The molecular formula is C14H14BrClN2O. The maximum atomic E-state index is 5.92. The van der Waals surface area contributed by atoms with Gasteiger partial charge in [0.2, 0.25) is 5.88 Å². The number of nitrogens with zero attached hydrogens (tertiary/aromatic N) is 2. The monoisotopic (exact) mass is 340 g/mol. The Morgan fingerprint density at radius 2 is 2.05 bits per heavy atom.